The Morgan fingerprint density at radius 2 is 2.16 bits per heavy atom. The van der Waals surface area contributed by atoms with Crippen molar-refractivity contribution < 1.29 is 9.18 Å². The van der Waals surface area contributed by atoms with Crippen LogP contribution < -0.4 is 0 Å². The first-order valence-corrected chi connectivity index (χ1v) is 7.81. The van der Waals surface area contributed by atoms with Gasteiger partial charge >= 0.3 is 0 Å². The number of rotatable bonds is 4. The van der Waals surface area contributed by atoms with Crippen molar-refractivity contribution in [2.45, 2.75) is 42.7 Å². The molecule has 1 saturated heterocycles. The van der Waals surface area contributed by atoms with Crippen LogP contribution in [-0.2, 0) is 4.79 Å². The van der Waals surface area contributed by atoms with Crippen LogP contribution in [0.3, 0.4) is 0 Å². The Kier molecular flexibility index (Phi) is 3.52. The quantitative estimate of drug-likeness (QED) is 0.842. The Morgan fingerprint density at radius 1 is 1.37 bits per heavy atom. The van der Waals surface area contributed by atoms with E-state index in [0.717, 1.165) is 18.5 Å². The molecule has 2 nitrogen and oxygen atoms in total. The maximum absolute atomic E-state index is 13.2. The second-order valence-corrected chi connectivity index (χ2v) is 6.92. The van der Waals surface area contributed by atoms with Crippen molar-refractivity contribution in [1.82, 2.24) is 4.90 Å². The van der Waals surface area contributed by atoms with Crippen LogP contribution in [0.25, 0.3) is 0 Å². The molecule has 0 aromatic heterocycles. The van der Waals surface area contributed by atoms with Crippen LogP contribution in [0, 0.1) is 5.82 Å². The topological polar surface area (TPSA) is 20.3 Å². The lowest BCUT2D eigenvalue weighted by Crippen LogP contribution is -2.30. The molecule has 4 heteroatoms. The number of carbonyl (C=O) groups is 1. The van der Waals surface area contributed by atoms with Crippen molar-refractivity contribution in [3.63, 3.8) is 0 Å². The lowest BCUT2D eigenvalue weighted by molar-refractivity contribution is -0.127. The highest BCUT2D eigenvalue weighted by atomic mass is 32.2. The summed E-state index contributed by atoms with van der Waals surface area (Å²) in [6, 6.07) is 7.20. The summed E-state index contributed by atoms with van der Waals surface area (Å²) < 4.78 is 13.2. The monoisotopic (exact) mass is 279 g/mol. The largest absolute Gasteiger partial charge is 0.339 e. The molecule has 1 amide bonds. The van der Waals surface area contributed by atoms with Gasteiger partial charge in [0.1, 0.15) is 5.82 Å². The molecule has 0 radical (unpaired) electrons. The van der Waals surface area contributed by atoms with E-state index in [0.29, 0.717) is 6.04 Å². The van der Waals surface area contributed by atoms with E-state index in [2.05, 4.69) is 0 Å². The SMILES string of the molecule is C[C@H](S[C@@H]1CCN(C2CC2)C1=O)c1cccc(F)c1. The van der Waals surface area contributed by atoms with Crippen LogP contribution in [0.5, 0.6) is 0 Å². The number of thioether (sulfide) groups is 1. The van der Waals surface area contributed by atoms with Gasteiger partial charge in [-0.3, -0.25) is 4.79 Å². The minimum atomic E-state index is -0.206. The number of benzene rings is 1. The summed E-state index contributed by atoms with van der Waals surface area (Å²) in [7, 11) is 0. The molecule has 102 valence electrons. The van der Waals surface area contributed by atoms with E-state index in [4.69, 9.17) is 0 Å². The fraction of sp³-hybridized carbons (Fsp3) is 0.533. The van der Waals surface area contributed by atoms with E-state index in [1.54, 1.807) is 23.9 Å². The molecule has 19 heavy (non-hydrogen) atoms. The number of hydrogen-bond donors (Lipinski definition) is 0. The number of carbonyl (C=O) groups excluding carboxylic acids is 1. The zero-order chi connectivity index (χ0) is 13.4. The summed E-state index contributed by atoms with van der Waals surface area (Å²) in [5.74, 6) is 0.0815. The Bertz CT molecular complexity index is 489. The molecule has 2 aliphatic rings. The van der Waals surface area contributed by atoms with Gasteiger partial charge < -0.3 is 4.90 Å². The molecular weight excluding hydrogens is 261 g/mol. The Hall–Kier alpha value is -1.03. The van der Waals surface area contributed by atoms with Gasteiger partial charge in [0.15, 0.2) is 0 Å². The number of halogens is 1. The Morgan fingerprint density at radius 3 is 2.84 bits per heavy atom. The summed E-state index contributed by atoms with van der Waals surface area (Å²) >= 11 is 1.67. The molecular formula is C15H18FNOS. The van der Waals surface area contributed by atoms with Crippen molar-refractivity contribution in [2.24, 2.45) is 0 Å². The van der Waals surface area contributed by atoms with Crippen molar-refractivity contribution >= 4 is 17.7 Å². The molecule has 0 spiro atoms. The van der Waals surface area contributed by atoms with Crippen LogP contribution in [0.4, 0.5) is 4.39 Å². The average molecular weight is 279 g/mol. The van der Waals surface area contributed by atoms with Gasteiger partial charge in [-0.15, -0.1) is 11.8 Å². The van der Waals surface area contributed by atoms with E-state index in [9.17, 15) is 9.18 Å². The highest BCUT2D eigenvalue weighted by Gasteiger charge is 2.41. The van der Waals surface area contributed by atoms with E-state index < -0.39 is 0 Å². The fourth-order valence-electron chi connectivity index (χ4n) is 2.63. The van der Waals surface area contributed by atoms with Gasteiger partial charge in [-0.05, 0) is 43.9 Å². The minimum Gasteiger partial charge on any atom is -0.339 e. The van der Waals surface area contributed by atoms with Crippen molar-refractivity contribution in [3.05, 3.63) is 35.6 Å². The predicted molar refractivity (Wildman–Crippen MR) is 75.5 cm³/mol. The van der Waals surface area contributed by atoms with E-state index in [1.165, 1.54) is 18.9 Å². The molecule has 2 fully saturated rings. The maximum Gasteiger partial charge on any atom is 0.236 e. The Balaban J connectivity index is 1.63. The molecule has 3 rings (SSSR count). The van der Waals surface area contributed by atoms with Crippen molar-refractivity contribution in [2.75, 3.05) is 6.54 Å². The first-order valence-electron chi connectivity index (χ1n) is 6.86. The van der Waals surface area contributed by atoms with Gasteiger partial charge in [-0.25, -0.2) is 4.39 Å². The lowest BCUT2D eigenvalue weighted by Gasteiger charge is -2.18. The third-order valence-corrected chi connectivity index (χ3v) is 5.31. The van der Waals surface area contributed by atoms with Crippen LogP contribution in [-0.4, -0.2) is 28.6 Å². The summed E-state index contributed by atoms with van der Waals surface area (Å²) in [4.78, 5) is 14.3. The van der Waals surface area contributed by atoms with E-state index in [1.807, 2.05) is 17.9 Å². The lowest BCUT2D eigenvalue weighted by atomic mass is 10.2. The first kappa shape index (κ1) is 13.0. The molecule has 0 unspecified atom stereocenters. The summed E-state index contributed by atoms with van der Waals surface area (Å²) in [6.45, 7) is 2.95. The van der Waals surface area contributed by atoms with Gasteiger partial charge in [0.25, 0.3) is 0 Å². The number of likely N-dealkylation sites (tertiary alicyclic amines) is 1. The number of amides is 1. The van der Waals surface area contributed by atoms with Crippen LogP contribution in [0.2, 0.25) is 0 Å². The highest BCUT2D eigenvalue weighted by Crippen LogP contribution is 2.39. The number of nitrogens with zero attached hydrogens (tertiary/aromatic N) is 1. The molecule has 1 aliphatic carbocycles. The van der Waals surface area contributed by atoms with Crippen LogP contribution in [0.15, 0.2) is 24.3 Å². The molecule has 1 aromatic rings. The Labute approximate surface area is 117 Å². The van der Waals surface area contributed by atoms with Crippen molar-refractivity contribution in [1.29, 1.82) is 0 Å². The first-order chi connectivity index (χ1) is 9.15. The molecule has 1 saturated carbocycles. The summed E-state index contributed by atoms with van der Waals surface area (Å²) in [5.41, 5.74) is 0.961. The van der Waals surface area contributed by atoms with E-state index in [-0.39, 0.29) is 22.2 Å². The molecule has 0 bridgehead atoms. The van der Waals surface area contributed by atoms with Crippen LogP contribution >= 0.6 is 11.8 Å². The second kappa shape index (κ2) is 5.16. The molecule has 1 aliphatic heterocycles. The predicted octanol–water partition coefficient (Wildman–Crippen LogP) is 3.38. The number of hydrogen-bond acceptors (Lipinski definition) is 2. The van der Waals surface area contributed by atoms with Crippen LogP contribution in [0.1, 0.15) is 37.0 Å². The minimum absolute atomic E-state index is 0.0545. The summed E-state index contributed by atoms with van der Waals surface area (Å²) in [6.07, 6.45) is 3.27. The maximum atomic E-state index is 13.2. The normalized spacial score (nSPS) is 24.8. The zero-order valence-electron chi connectivity index (χ0n) is 11.0. The zero-order valence-corrected chi connectivity index (χ0v) is 11.8. The van der Waals surface area contributed by atoms with Gasteiger partial charge in [0, 0.05) is 17.8 Å². The van der Waals surface area contributed by atoms with E-state index >= 15 is 0 Å². The van der Waals surface area contributed by atoms with Gasteiger partial charge in [-0.1, -0.05) is 12.1 Å². The second-order valence-electron chi connectivity index (χ2n) is 5.37. The summed E-state index contributed by atoms with van der Waals surface area (Å²) in [5, 5.41) is 0.211. The molecule has 1 aromatic carbocycles. The molecule has 2 atom stereocenters. The fourth-order valence-corrected chi connectivity index (χ4v) is 3.92. The van der Waals surface area contributed by atoms with Crippen molar-refractivity contribution in [3.8, 4) is 0 Å². The smallest absolute Gasteiger partial charge is 0.236 e. The third-order valence-electron chi connectivity index (χ3n) is 3.86. The molecule has 0 N–H and O–H groups in total. The molecule has 1 heterocycles. The average Bonchev–Trinajstić information content (AvgIpc) is 3.16. The van der Waals surface area contributed by atoms with Gasteiger partial charge in [0.2, 0.25) is 5.91 Å². The third kappa shape index (κ3) is 2.78. The van der Waals surface area contributed by atoms with Gasteiger partial charge in [0.05, 0.1) is 5.25 Å². The van der Waals surface area contributed by atoms with Gasteiger partial charge in [-0.2, -0.15) is 0 Å². The highest BCUT2D eigenvalue weighted by molar-refractivity contribution is 8.00. The standard InChI is InChI=1S/C15H18FNOS/c1-10(11-3-2-4-12(16)9-11)19-14-7-8-17(15(14)18)13-5-6-13/h2-4,9-10,13-14H,5-8H2,1H3/t10-,14+/m0/s1.